The van der Waals surface area contributed by atoms with Gasteiger partial charge >= 0.3 is 11.8 Å². The van der Waals surface area contributed by atoms with Gasteiger partial charge in [0.2, 0.25) is 0 Å². The Bertz CT molecular complexity index is 371. The number of carbonyl (C=O) groups excluding carboxylic acids is 2. The largest absolute Gasteiger partial charge is 0.348 e. The lowest BCUT2D eigenvalue weighted by Gasteiger charge is -2.05. The highest BCUT2D eigenvalue weighted by Crippen LogP contribution is 2.02. The predicted molar refractivity (Wildman–Crippen MR) is 61.7 cm³/mol. The van der Waals surface area contributed by atoms with Crippen LogP contribution in [0.15, 0.2) is 24.3 Å². The van der Waals surface area contributed by atoms with E-state index in [9.17, 15) is 9.59 Å². The summed E-state index contributed by atoms with van der Waals surface area (Å²) in [5.74, 6) is -1.18. The summed E-state index contributed by atoms with van der Waals surface area (Å²) in [6, 6.07) is 7.78. The molecule has 1 aromatic carbocycles. The van der Waals surface area contributed by atoms with E-state index < -0.39 is 11.8 Å². The van der Waals surface area contributed by atoms with Crippen LogP contribution in [0.4, 0.5) is 0 Å². The maximum Gasteiger partial charge on any atom is 0.309 e. The first-order valence-electron chi connectivity index (χ1n) is 5.25. The van der Waals surface area contributed by atoms with E-state index in [2.05, 4.69) is 10.6 Å². The molecule has 2 N–H and O–H groups in total. The highest BCUT2D eigenvalue weighted by atomic mass is 16.2. The molecule has 0 aliphatic rings. The Hall–Kier alpha value is -1.84. The molecule has 0 atom stereocenters. The molecule has 4 nitrogen and oxygen atoms in total. The Morgan fingerprint density at radius 3 is 2.19 bits per heavy atom. The Morgan fingerprint density at radius 1 is 1.06 bits per heavy atom. The van der Waals surface area contributed by atoms with Crippen LogP contribution < -0.4 is 10.6 Å². The van der Waals surface area contributed by atoms with Crippen LogP contribution in [0, 0.1) is 6.92 Å². The molecular formula is C12H16N2O2. The number of hydrogen-bond acceptors (Lipinski definition) is 2. The van der Waals surface area contributed by atoms with E-state index in [4.69, 9.17) is 0 Å². The van der Waals surface area contributed by atoms with Gasteiger partial charge in [0.25, 0.3) is 0 Å². The van der Waals surface area contributed by atoms with E-state index in [-0.39, 0.29) is 0 Å². The number of hydrogen-bond donors (Lipinski definition) is 2. The first-order chi connectivity index (χ1) is 7.63. The fraction of sp³-hybridized carbons (Fsp3) is 0.333. The molecule has 0 fully saturated rings. The van der Waals surface area contributed by atoms with Crippen LogP contribution in [-0.4, -0.2) is 18.4 Å². The minimum atomic E-state index is -0.595. The van der Waals surface area contributed by atoms with Crippen LogP contribution >= 0.6 is 0 Å². The van der Waals surface area contributed by atoms with Gasteiger partial charge in [-0.2, -0.15) is 0 Å². The van der Waals surface area contributed by atoms with Crippen molar-refractivity contribution < 1.29 is 9.59 Å². The van der Waals surface area contributed by atoms with Crippen molar-refractivity contribution >= 4 is 11.8 Å². The second-order valence-electron chi connectivity index (χ2n) is 3.53. The number of likely N-dealkylation sites (N-methyl/N-ethyl adjacent to an activating group) is 1. The minimum Gasteiger partial charge on any atom is -0.348 e. The zero-order chi connectivity index (χ0) is 12.0. The third-order valence-corrected chi connectivity index (χ3v) is 2.12. The second kappa shape index (κ2) is 5.90. The minimum absolute atomic E-state index is 0.371. The normalized spacial score (nSPS) is 9.62. The Labute approximate surface area is 95.0 Å². The molecule has 0 unspecified atom stereocenters. The van der Waals surface area contributed by atoms with Crippen LogP contribution in [0.5, 0.6) is 0 Å². The van der Waals surface area contributed by atoms with E-state index in [0.717, 1.165) is 5.56 Å². The summed E-state index contributed by atoms with van der Waals surface area (Å²) < 4.78 is 0. The molecule has 0 aromatic heterocycles. The fourth-order valence-corrected chi connectivity index (χ4v) is 1.21. The maximum absolute atomic E-state index is 11.3. The number of nitrogens with one attached hydrogen (secondary N) is 2. The Morgan fingerprint density at radius 2 is 1.62 bits per heavy atom. The maximum atomic E-state index is 11.3. The SMILES string of the molecule is CCNC(=O)C(=O)NCc1ccc(C)cc1. The number of aryl methyl sites for hydroxylation is 1. The molecule has 0 spiro atoms. The van der Waals surface area contributed by atoms with Crippen LogP contribution in [-0.2, 0) is 16.1 Å². The third kappa shape index (κ3) is 3.73. The van der Waals surface area contributed by atoms with E-state index in [0.29, 0.717) is 13.1 Å². The summed E-state index contributed by atoms with van der Waals surface area (Å²) in [4.78, 5) is 22.3. The second-order valence-corrected chi connectivity index (χ2v) is 3.53. The summed E-state index contributed by atoms with van der Waals surface area (Å²) in [5, 5.41) is 4.99. The van der Waals surface area contributed by atoms with Crippen molar-refractivity contribution in [3.05, 3.63) is 35.4 Å². The zero-order valence-corrected chi connectivity index (χ0v) is 9.54. The van der Waals surface area contributed by atoms with Gasteiger partial charge < -0.3 is 10.6 Å². The van der Waals surface area contributed by atoms with Crippen molar-refractivity contribution in [2.45, 2.75) is 20.4 Å². The van der Waals surface area contributed by atoms with E-state index in [1.807, 2.05) is 31.2 Å². The highest BCUT2D eigenvalue weighted by molar-refractivity contribution is 6.35. The lowest BCUT2D eigenvalue weighted by molar-refractivity contribution is -0.139. The molecule has 0 aliphatic carbocycles. The average molecular weight is 220 g/mol. The van der Waals surface area contributed by atoms with Gasteiger partial charge in [-0.1, -0.05) is 29.8 Å². The summed E-state index contributed by atoms with van der Waals surface area (Å²) in [5.41, 5.74) is 2.14. The van der Waals surface area contributed by atoms with Crippen molar-refractivity contribution in [1.29, 1.82) is 0 Å². The standard InChI is InChI=1S/C12H16N2O2/c1-3-13-11(15)12(16)14-8-10-6-4-9(2)5-7-10/h4-7H,3,8H2,1-2H3,(H,13,15)(H,14,16). The van der Waals surface area contributed by atoms with Gasteiger partial charge in [0.15, 0.2) is 0 Å². The molecule has 86 valence electrons. The van der Waals surface area contributed by atoms with Crippen LogP contribution in [0.1, 0.15) is 18.1 Å². The molecule has 16 heavy (non-hydrogen) atoms. The highest BCUT2D eigenvalue weighted by Gasteiger charge is 2.10. The van der Waals surface area contributed by atoms with Crippen molar-refractivity contribution in [2.75, 3.05) is 6.54 Å². The Kier molecular flexibility index (Phi) is 4.51. The first-order valence-corrected chi connectivity index (χ1v) is 5.25. The van der Waals surface area contributed by atoms with Gasteiger partial charge in [-0.15, -0.1) is 0 Å². The summed E-state index contributed by atoms with van der Waals surface area (Å²) in [7, 11) is 0. The monoisotopic (exact) mass is 220 g/mol. The van der Waals surface area contributed by atoms with Gasteiger partial charge in [-0.3, -0.25) is 9.59 Å². The van der Waals surface area contributed by atoms with E-state index in [1.54, 1.807) is 6.92 Å². The molecule has 4 heteroatoms. The smallest absolute Gasteiger partial charge is 0.309 e. The van der Waals surface area contributed by atoms with Gasteiger partial charge in [-0.25, -0.2) is 0 Å². The molecule has 0 saturated heterocycles. The molecular weight excluding hydrogens is 204 g/mol. The van der Waals surface area contributed by atoms with Crippen LogP contribution in [0.3, 0.4) is 0 Å². The molecule has 1 rings (SSSR count). The van der Waals surface area contributed by atoms with E-state index in [1.165, 1.54) is 5.56 Å². The molecule has 1 aromatic rings. The quantitative estimate of drug-likeness (QED) is 0.738. The van der Waals surface area contributed by atoms with Crippen molar-refractivity contribution in [3.63, 3.8) is 0 Å². The van der Waals surface area contributed by atoms with Gasteiger partial charge in [0, 0.05) is 13.1 Å². The topological polar surface area (TPSA) is 58.2 Å². The van der Waals surface area contributed by atoms with Crippen LogP contribution in [0.2, 0.25) is 0 Å². The van der Waals surface area contributed by atoms with Gasteiger partial charge in [0.1, 0.15) is 0 Å². The average Bonchev–Trinajstić information content (AvgIpc) is 2.28. The Balaban J connectivity index is 2.42. The molecule has 0 heterocycles. The molecule has 0 radical (unpaired) electrons. The van der Waals surface area contributed by atoms with Crippen molar-refractivity contribution in [2.24, 2.45) is 0 Å². The molecule has 0 saturated carbocycles. The van der Waals surface area contributed by atoms with Crippen LogP contribution in [0.25, 0.3) is 0 Å². The van der Waals surface area contributed by atoms with Crippen molar-refractivity contribution in [3.8, 4) is 0 Å². The number of rotatable bonds is 3. The van der Waals surface area contributed by atoms with E-state index >= 15 is 0 Å². The lowest BCUT2D eigenvalue weighted by atomic mass is 10.1. The zero-order valence-electron chi connectivity index (χ0n) is 9.54. The summed E-state index contributed by atoms with van der Waals surface area (Å²) >= 11 is 0. The summed E-state index contributed by atoms with van der Waals surface area (Å²) in [6.07, 6.45) is 0. The predicted octanol–water partition coefficient (Wildman–Crippen LogP) is 0.747. The van der Waals surface area contributed by atoms with Gasteiger partial charge in [-0.05, 0) is 19.4 Å². The molecule has 2 amide bonds. The fourth-order valence-electron chi connectivity index (χ4n) is 1.21. The van der Waals surface area contributed by atoms with Crippen molar-refractivity contribution in [1.82, 2.24) is 10.6 Å². The number of amides is 2. The third-order valence-electron chi connectivity index (χ3n) is 2.12. The first kappa shape index (κ1) is 12.2. The lowest BCUT2D eigenvalue weighted by Crippen LogP contribution is -2.39. The summed E-state index contributed by atoms with van der Waals surface area (Å²) in [6.45, 7) is 4.59. The molecule has 0 aliphatic heterocycles. The number of carbonyl (C=O) groups is 2. The number of benzene rings is 1. The molecule has 0 bridgehead atoms. The van der Waals surface area contributed by atoms with Gasteiger partial charge in [0.05, 0.1) is 0 Å².